The van der Waals surface area contributed by atoms with Crippen LogP contribution in [-0.4, -0.2) is 55.1 Å². The van der Waals surface area contributed by atoms with E-state index in [2.05, 4.69) is 28.1 Å². The third kappa shape index (κ3) is 2.60. The number of piperazine rings is 3. The number of likely N-dealkylation sites (N-methyl/N-ethyl adjacent to an activating group) is 1. The smallest absolute Gasteiger partial charge is 0.126 e. The first kappa shape index (κ1) is 14.0. The van der Waals surface area contributed by atoms with Gasteiger partial charge in [-0.15, -0.1) is 0 Å². The van der Waals surface area contributed by atoms with Crippen molar-refractivity contribution in [2.24, 2.45) is 0 Å². The number of nitrogens with one attached hydrogen (secondary N) is 1. The number of benzene rings is 1. The van der Waals surface area contributed by atoms with E-state index >= 15 is 0 Å². The minimum atomic E-state index is -0.0957. The van der Waals surface area contributed by atoms with Gasteiger partial charge in [0.25, 0.3) is 0 Å². The van der Waals surface area contributed by atoms with Gasteiger partial charge in [0, 0.05) is 44.8 Å². The molecule has 3 nitrogen and oxygen atoms in total. The summed E-state index contributed by atoms with van der Waals surface area (Å²) in [6, 6.07) is 6.36. The minimum absolute atomic E-state index is 0.0957. The molecule has 4 heteroatoms. The fraction of sp³-hybridized carbons (Fsp3) is 0.625. The first-order valence-corrected chi connectivity index (χ1v) is 7.65. The summed E-state index contributed by atoms with van der Waals surface area (Å²) in [6.45, 7) is 10.6. The molecule has 1 aromatic rings. The van der Waals surface area contributed by atoms with Gasteiger partial charge in [0.1, 0.15) is 5.82 Å². The second-order valence-electron chi connectivity index (χ2n) is 5.95. The zero-order valence-corrected chi connectivity index (χ0v) is 12.4. The lowest BCUT2D eigenvalue weighted by Crippen LogP contribution is -2.64. The van der Waals surface area contributed by atoms with Crippen molar-refractivity contribution in [1.82, 2.24) is 15.1 Å². The fourth-order valence-corrected chi connectivity index (χ4v) is 3.47. The molecule has 2 atom stereocenters. The van der Waals surface area contributed by atoms with Crippen molar-refractivity contribution in [2.75, 3.05) is 39.3 Å². The van der Waals surface area contributed by atoms with E-state index in [0.29, 0.717) is 6.04 Å². The van der Waals surface area contributed by atoms with Crippen molar-refractivity contribution in [3.05, 3.63) is 35.1 Å². The molecule has 110 valence electrons. The average Bonchev–Trinajstić information content (AvgIpc) is 2.49. The number of fused-ring (bicyclic) bond motifs is 3. The maximum Gasteiger partial charge on any atom is 0.126 e. The van der Waals surface area contributed by atoms with Crippen molar-refractivity contribution < 1.29 is 4.39 Å². The lowest BCUT2D eigenvalue weighted by atomic mass is 9.93. The predicted molar refractivity (Wildman–Crippen MR) is 79.4 cm³/mol. The summed E-state index contributed by atoms with van der Waals surface area (Å²) in [6.07, 6.45) is 0. The summed E-state index contributed by atoms with van der Waals surface area (Å²) in [7, 11) is 0. The average molecular weight is 277 g/mol. The summed E-state index contributed by atoms with van der Waals surface area (Å²) in [5.74, 6) is -0.0957. The largest absolute Gasteiger partial charge is 0.309 e. The molecule has 1 N–H and O–H groups in total. The molecule has 1 aromatic carbocycles. The summed E-state index contributed by atoms with van der Waals surface area (Å²) >= 11 is 0. The van der Waals surface area contributed by atoms with Gasteiger partial charge in [0.2, 0.25) is 0 Å². The highest BCUT2D eigenvalue weighted by Crippen LogP contribution is 2.28. The van der Waals surface area contributed by atoms with Crippen LogP contribution in [0.5, 0.6) is 0 Å². The Morgan fingerprint density at radius 1 is 1.30 bits per heavy atom. The van der Waals surface area contributed by atoms with E-state index in [-0.39, 0.29) is 11.9 Å². The van der Waals surface area contributed by atoms with E-state index in [1.54, 1.807) is 6.07 Å². The summed E-state index contributed by atoms with van der Waals surface area (Å²) in [4.78, 5) is 5.09. The third-order valence-corrected chi connectivity index (χ3v) is 4.68. The van der Waals surface area contributed by atoms with E-state index in [0.717, 1.165) is 37.3 Å². The molecule has 3 heterocycles. The highest BCUT2D eigenvalue weighted by Gasteiger charge is 2.37. The second-order valence-corrected chi connectivity index (χ2v) is 5.95. The van der Waals surface area contributed by atoms with Crippen LogP contribution in [0.1, 0.15) is 24.1 Å². The lowest BCUT2D eigenvalue weighted by Gasteiger charge is -2.50. The number of nitrogens with zero attached hydrogens (tertiary/aromatic N) is 2. The Hall–Kier alpha value is -0.970. The maximum absolute atomic E-state index is 13.9. The number of hydrogen-bond acceptors (Lipinski definition) is 3. The fourth-order valence-electron chi connectivity index (χ4n) is 3.47. The Bertz CT molecular complexity index is 469. The van der Waals surface area contributed by atoms with Crippen LogP contribution in [0, 0.1) is 12.7 Å². The van der Waals surface area contributed by atoms with Crippen molar-refractivity contribution in [3.63, 3.8) is 0 Å². The molecule has 20 heavy (non-hydrogen) atoms. The number of rotatable bonds is 4. The Morgan fingerprint density at radius 3 is 2.60 bits per heavy atom. The SMILES string of the molecule is CCNC(c1ccc(C)c(F)c1)C1CN2CCN1CC2. The molecule has 0 spiro atoms. The first-order valence-electron chi connectivity index (χ1n) is 7.65. The van der Waals surface area contributed by atoms with Crippen LogP contribution in [-0.2, 0) is 0 Å². The molecule has 0 radical (unpaired) electrons. The number of aryl methyl sites for hydroxylation is 1. The molecule has 2 unspecified atom stereocenters. The molecule has 0 aliphatic carbocycles. The van der Waals surface area contributed by atoms with Crippen LogP contribution in [0.15, 0.2) is 18.2 Å². The highest BCUT2D eigenvalue weighted by molar-refractivity contribution is 5.27. The van der Waals surface area contributed by atoms with Gasteiger partial charge in [0.05, 0.1) is 0 Å². The zero-order valence-electron chi connectivity index (χ0n) is 12.4. The number of hydrogen-bond donors (Lipinski definition) is 1. The predicted octanol–water partition coefficient (Wildman–Crippen LogP) is 1.78. The molecular formula is C16H24FN3. The van der Waals surface area contributed by atoms with E-state index in [1.165, 1.54) is 13.1 Å². The molecule has 2 bridgehead atoms. The quantitative estimate of drug-likeness (QED) is 0.905. The zero-order chi connectivity index (χ0) is 14.1. The van der Waals surface area contributed by atoms with Crippen molar-refractivity contribution in [3.8, 4) is 0 Å². The van der Waals surface area contributed by atoms with Crippen LogP contribution in [0.4, 0.5) is 4.39 Å². The van der Waals surface area contributed by atoms with Gasteiger partial charge in [0.15, 0.2) is 0 Å². The summed E-state index contributed by atoms with van der Waals surface area (Å²) < 4.78 is 13.9. The van der Waals surface area contributed by atoms with Crippen molar-refractivity contribution in [1.29, 1.82) is 0 Å². The van der Waals surface area contributed by atoms with Gasteiger partial charge in [-0.2, -0.15) is 0 Å². The molecule has 3 saturated heterocycles. The lowest BCUT2D eigenvalue weighted by molar-refractivity contribution is -0.00347. The summed E-state index contributed by atoms with van der Waals surface area (Å²) in [5, 5.41) is 3.57. The van der Waals surface area contributed by atoms with Gasteiger partial charge in [-0.05, 0) is 30.7 Å². The Morgan fingerprint density at radius 2 is 2.05 bits per heavy atom. The first-order chi connectivity index (χ1) is 9.69. The Labute approximate surface area is 120 Å². The number of halogens is 1. The molecule has 3 fully saturated rings. The van der Waals surface area contributed by atoms with Gasteiger partial charge >= 0.3 is 0 Å². The normalized spacial score (nSPS) is 30.4. The van der Waals surface area contributed by atoms with Crippen LogP contribution >= 0.6 is 0 Å². The highest BCUT2D eigenvalue weighted by atomic mass is 19.1. The van der Waals surface area contributed by atoms with Crippen molar-refractivity contribution in [2.45, 2.75) is 25.9 Å². The van der Waals surface area contributed by atoms with Gasteiger partial charge in [-0.3, -0.25) is 9.80 Å². The third-order valence-electron chi connectivity index (χ3n) is 4.68. The standard InChI is InChI=1S/C16H24FN3/c1-3-18-16(13-5-4-12(2)14(17)10-13)15-11-19-6-8-20(15)9-7-19/h4-5,10,15-16,18H,3,6-9,11H2,1-2H3. The molecule has 4 rings (SSSR count). The van der Waals surface area contributed by atoms with Gasteiger partial charge in [-0.1, -0.05) is 19.1 Å². The molecular weight excluding hydrogens is 253 g/mol. The molecule has 3 aliphatic heterocycles. The molecule has 0 amide bonds. The minimum Gasteiger partial charge on any atom is -0.309 e. The van der Waals surface area contributed by atoms with Crippen LogP contribution in [0.2, 0.25) is 0 Å². The van der Waals surface area contributed by atoms with Crippen LogP contribution in [0.25, 0.3) is 0 Å². The van der Waals surface area contributed by atoms with Crippen LogP contribution < -0.4 is 5.32 Å². The topological polar surface area (TPSA) is 18.5 Å². The Kier molecular flexibility index (Phi) is 4.06. The molecule has 0 aromatic heterocycles. The second kappa shape index (κ2) is 5.80. The molecule has 0 saturated carbocycles. The van der Waals surface area contributed by atoms with Crippen molar-refractivity contribution >= 4 is 0 Å². The monoisotopic (exact) mass is 277 g/mol. The maximum atomic E-state index is 13.9. The van der Waals surface area contributed by atoms with Crippen LogP contribution in [0.3, 0.4) is 0 Å². The summed E-state index contributed by atoms with van der Waals surface area (Å²) in [5.41, 5.74) is 1.80. The van der Waals surface area contributed by atoms with E-state index < -0.39 is 0 Å². The molecule has 3 aliphatic rings. The van der Waals surface area contributed by atoms with E-state index in [1.807, 2.05) is 13.0 Å². The Balaban J connectivity index is 1.86. The van der Waals surface area contributed by atoms with Gasteiger partial charge < -0.3 is 5.32 Å². The van der Waals surface area contributed by atoms with E-state index in [9.17, 15) is 4.39 Å². The van der Waals surface area contributed by atoms with Gasteiger partial charge in [-0.25, -0.2) is 4.39 Å². The van der Waals surface area contributed by atoms with E-state index in [4.69, 9.17) is 0 Å².